The van der Waals surface area contributed by atoms with Crippen LogP contribution < -0.4 is 10.5 Å². The lowest BCUT2D eigenvalue weighted by Crippen LogP contribution is -2.48. The van der Waals surface area contributed by atoms with E-state index in [0.717, 1.165) is 79.1 Å². The van der Waals surface area contributed by atoms with Gasteiger partial charge in [-0.05, 0) is 18.2 Å². The third-order valence-electron chi connectivity index (χ3n) is 5.70. The summed E-state index contributed by atoms with van der Waals surface area (Å²) in [6, 6.07) is 5.83. The Morgan fingerprint density at radius 2 is 2.00 bits per heavy atom. The first-order valence-corrected chi connectivity index (χ1v) is 11.3. The topological polar surface area (TPSA) is 71.6 Å². The predicted octanol–water partition coefficient (Wildman–Crippen LogP) is 1.21. The summed E-state index contributed by atoms with van der Waals surface area (Å²) in [5, 5.41) is 9.06. The number of aromatic nitrogens is 5. The second-order valence-corrected chi connectivity index (χ2v) is 8.77. The maximum atomic E-state index is 12.4. The molecule has 152 valence electrons. The number of anilines is 1. The van der Waals surface area contributed by atoms with Gasteiger partial charge in [0, 0.05) is 68.8 Å². The molecule has 0 amide bonds. The molecule has 0 spiro atoms. The van der Waals surface area contributed by atoms with Crippen LogP contribution in [0.4, 0.5) is 5.82 Å². The minimum absolute atomic E-state index is 0.0261. The summed E-state index contributed by atoms with van der Waals surface area (Å²) in [5.41, 5.74) is 4.14. The number of rotatable bonds is 4. The van der Waals surface area contributed by atoms with Gasteiger partial charge in [0.2, 0.25) is 0 Å². The van der Waals surface area contributed by atoms with Gasteiger partial charge in [-0.1, -0.05) is 0 Å². The number of hydrogen-bond donors (Lipinski definition) is 0. The van der Waals surface area contributed by atoms with E-state index >= 15 is 0 Å². The van der Waals surface area contributed by atoms with Crippen LogP contribution in [0.2, 0.25) is 0 Å². The fourth-order valence-electron chi connectivity index (χ4n) is 4.09. The monoisotopic (exact) mass is 411 g/mol. The average molecular weight is 412 g/mol. The van der Waals surface area contributed by atoms with Crippen molar-refractivity contribution in [2.45, 2.75) is 25.6 Å². The standard InChI is InChI=1S/C20H25N7OS/c1-15-12-19(27-18(22-15)2-4-21-27)25-8-5-24(6-9-25)7-10-26-20(28)13-16-14-29-11-3-17(16)23-26/h2,4,12-13H,3,5-11,14H2,1H3. The van der Waals surface area contributed by atoms with Crippen LogP contribution >= 0.6 is 11.8 Å². The van der Waals surface area contributed by atoms with Crippen LogP contribution in [-0.2, 0) is 18.7 Å². The number of piperazine rings is 1. The normalized spacial score (nSPS) is 17.6. The first-order valence-electron chi connectivity index (χ1n) is 10.1. The maximum Gasteiger partial charge on any atom is 0.267 e. The molecule has 0 N–H and O–H groups in total. The van der Waals surface area contributed by atoms with E-state index in [2.05, 4.69) is 31.0 Å². The van der Waals surface area contributed by atoms with Crippen LogP contribution in [-0.4, -0.2) is 67.8 Å². The molecule has 0 aliphatic carbocycles. The molecule has 5 heterocycles. The highest BCUT2D eigenvalue weighted by Gasteiger charge is 2.20. The van der Waals surface area contributed by atoms with Gasteiger partial charge in [0.1, 0.15) is 5.82 Å². The molecule has 0 aromatic carbocycles. The molecule has 0 saturated carbocycles. The molecule has 9 heteroatoms. The molecule has 8 nitrogen and oxygen atoms in total. The lowest BCUT2D eigenvalue weighted by atomic mass is 10.2. The summed E-state index contributed by atoms with van der Waals surface area (Å²) in [7, 11) is 0. The van der Waals surface area contributed by atoms with Crippen LogP contribution in [0.15, 0.2) is 29.2 Å². The first kappa shape index (κ1) is 18.6. The molecular formula is C20H25N7OS. The van der Waals surface area contributed by atoms with Crippen molar-refractivity contribution in [2.75, 3.05) is 43.4 Å². The number of fused-ring (bicyclic) bond motifs is 2. The van der Waals surface area contributed by atoms with Crippen molar-refractivity contribution in [3.05, 3.63) is 51.7 Å². The number of nitrogens with zero attached hydrogens (tertiary/aromatic N) is 7. The van der Waals surface area contributed by atoms with Gasteiger partial charge in [-0.3, -0.25) is 9.69 Å². The average Bonchev–Trinajstić information content (AvgIpc) is 3.20. The fourth-order valence-corrected chi connectivity index (χ4v) is 5.05. The Hall–Kier alpha value is -2.39. The summed E-state index contributed by atoms with van der Waals surface area (Å²) in [4.78, 5) is 21.7. The summed E-state index contributed by atoms with van der Waals surface area (Å²) >= 11 is 1.88. The van der Waals surface area contributed by atoms with E-state index in [4.69, 9.17) is 0 Å². The fraction of sp³-hybridized carbons (Fsp3) is 0.500. The summed E-state index contributed by atoms with van der Waals surface area (Å²) in [6.45, 7) is 7.30. The molecule has 2 aliphatic heterocycles. The Morgan fingerprint density at radius 1 is 1.14 bits per heavy atom. The zero-order valence-corrected chi connectivity index (χ0v) is 17.4. The zero-order chi connectivity index (χ0) is 19.8. The minimum atomic E-state index is 0.0261. The van der Waals surface area contributed by atoms with E-state index in [1.165, 1.54) is 0 Å². The number of aryl methyl sites for hydroxylation is 2. The Labute approximate surface area is 173 Å². The molecule has 0 unspecified atom stereocenters. The second kappa shape index (κ2) is 7.79. The largest absolute Gasteiger partial charge is 0.354 e. The Morgan fingerprint density at radius 3 is 2.86 bits per heavy atom. The van der Waals surface area contributed by atoms with Crippen LogP contribution in [0.3, 0.4) is 0 Å². The van der Waals surface area contributed by atoms with Gasteiger partial charge in [0.15, 0.2) is 5.65 Å². The van der Waals surface area contributed by atoms with E-state index in [0.29, 0.717) is 6.54 Å². The lowest BCUT2D eigenvalue weighted by Gasteiger charge is -2.36. The molecule has 2 aliphatic rings. The van der Waals surface area contributed by atoms with Crippen molar-refractivity contribution >= 4 is 23.2 Å². The van der Waals surface area contributed by atoms with Crippen molar-refractivity contribution in [1.82, 2.24) is 29.3 Å². The molecule has 5 rings (SSSR count). The Balaban J connectivity index is 1.23. The minimum Gasteiger partial charge on any atom is -0.354 e. The van der Waals surface area contributed by atoms with Crippen molar-refractivity contribution in [3.63, 3.8) is 0 Å². The van der Waals surface area contributed by atoms with Crippen LogP contribution in [0, 0.1) is 6.92 Å². The van der Waals surface area contributed by atoms with E-state index < -0.39 is 0 Å². The molecule has 0 atom stereocenters. The predicted molar refractivity (Wildman–Crippen MR) is 115 cm³/mol. The van der Waals surface area contributed by atoms with E-state index in [1.54, 1.807) is 16.9 Å². The molecule has 0 bridgehead atoms. The summed E-state index contributed by atoms with van der Waals surface area (Å²) in [6.07, 6.45) is 2.76. The van der Waals surface area contributed by atoms with Gasteiger partial charge in [-0.15, -0.1) is 0 Å². The van der Waals surface area contributed by atoms with Gasteiger partial charge < -0.3 is 4.90 Å². The van der Waals surface area contributed by atoms with Crippen molar-refractivity contribution in [1.29, 1.82) is 0 Å². The van der Waals surface area contributed by atoms with Gasteiger partial charge >= 0.3 is 0 Å². The van der Waals surface area contributed by atoms with Crippen molar-refractivity contribution in [3.8, 4) is 0 Å². The Bertz CT molecular complexity index is 1080. The molecule has 3 aromatic heterocycles. The van der Waals surface area contributed by atoms with Gasteiger partial charge in [-0.2, -0.15) is 26.5 Å². The number of thioether (sulfide) groups is 1. The molecule has 1 fully saturated rings. The molecule has 3 aromatic rings. The summed E-state index contributed by atoms with van der Waals surface area (Å²) in [5.74, 6) is 3.11. The van der Waals surface area contributed by atoms with Crippen molar-refractivity contribution < 1.29 is 0 Å². The third-order valence-corrected chi connectivity index (χ3v) is 6.71. The molecular weight excluding hydrogens is 386 g/mol. The third kappa shape index (κ3) is 3.76. The van der Waals surface area contributed by atoms with Crippen LogP contribution in [0.1, 0.15) is 17.0 Å². The van der Waals surface area contributed by atoms with E-state index in [9.17, 15) is 4.79 Å². The highest BCUT2D eigenvalue weighted by Crippen LogP contribution is 2.21. The zero-order valence-electron chi connectivity index (χ0n) is 16.6. The van der Waals surface area contributed by atoms with Gasteiger partial charge in [0.25, 0.3) is 5.56 Å². The highest BCUT2D eigenvalue weighted by atomic mass is 32.2. The smallest absolute Gasteiger partial charge is 0.267 e. The van der Waals surface area contributed by atoms with E-state index in [1.807, 2.05) is 29.3 Å². The summed E-state index contributed by atoms with van der Waals surface area (Å²) < 4.78 is 3.57. The van der Waals surface area contributed by atoms with Crippen LogP contribution in [0.25, 0.3) is 5.65 Å². The lowest BCUT2D eigenvalue weighted by molar-refractivity contribution is 0.241. The first-order chi connectivity index (χ1) is 14.2. The second-order valence-electron chi connectivity index (χ2n) is 7.67. The molecule has 29 heavy (non-hydrogen) atoms. The molecule has 0 radical (unpaired) electrons. The SMILES string of the molecule is Cc1cc(N2CCN(CCn3nc4c(cc3=O)CSCC4)CC2)n2nccc2n1. The van der Waals surface area contributed by atoms with Gasteiger partial charge in [0.05, 0.1) is 18.4 Å². The van der Waals surface area contributed by atoms with E-state index in [-0.39, 0.29) is 5.56 Å². The number of hydrogen-bond acceptors (Lipinski definition) is 7. The quantitative estimate of drug-likeness (QED) is 0.639. The van der Waals surface area contributed by atoms with Gasteiger partial charge in [-0.25, -0.2) is 9.67 Å². The van der Waals surface area contributed by atoms with Crippen LogP contribution in [0.5, 0.6) is 0 Å². The van der Waals surface area contributed by atoms with Crippen molar-refractivity contribution in [2.24, 2.45) is 0 Å². The Kier molecular flexibility index (Phi) is 5.01. The molecule has 1 saturated heterocycles. The highest BCUT2D eigenvalue weighted by molar-refractivity contribution is 7.98. The maximum absolute atomic E-state index is 12.4.